The van der Waals surface area contributed by atoms with E-state index in [1.807, 2.05) is 6.92 Å². The number of aromatic nitrogens is 1. The molecular weight excluding hydrogens is 445 g/mol. The lowest BCUT2D eigenvalue weighted by atomic mass is 10.0. The van der Waals surface area contributed by atoms with Crippen LogP contribution in [0, 0.1) is 5.41 Å². The average molecular weight is 473 g/mol. The largest absolute Gasteiger partial charge is 0.417 e. The molecule has 0 radical (unpaired) electrons. The van der Waals surface area contributed by atoms with Gasteiger partial charge in [-0.25, -0.2) is 4.98 Å². The average Bonchev–Trinajstić information content (AvgIpc) is 3.13. The first-order chi connectivity index (χ1) is 14.8. The van der Waals surface area contributed by atoms with Crippen LogP contribution in [-0.2, 0) is 0 Å². The second-order valence-electron chi connectivity index (χ2n) is 8.26. The van der Waals surface area contributed by atoms with Crippen molar-refractivity contribution in [2.45, 2.75) is 57.9 Å². The molecule has 7 nitrogen and oxygen atoms in total. The highest BCUT2D eigenvalue weighted by Crippen LogP contribution is 2.39. The first-order valence-electron chi connectivity index (χ1n) is 10.1. The minimum Gasteiger partial charge on any atom is -0.389 e. The third-order valence-electron chi connectivity index (χ3n) is 4.92. The Kier molecular flexibility index (Phi) is 8.00. The van der Waals surface area contributed by atoms with Crippen LogP contribution in [0.4, 0.5) is 13.2 Å². The maximum atomic E-state index is 13.6. The molecule has 0 saturated carbocycles. The monoisotopic (exact) mass is 472 g/mol. The summed E-state index contributed by atoms with van der Waals surface area (Å²) in [6, 6.07) is -0.120. The van der Waals surface area contributed by atoms with Crippen LogP contribution in [-0.4, -0.2) is 63.9 Å². The van der Waals surface area contributed by atoms with Crippen molar-refractivity contribution in [3.63, 3.8) is 0 Å². The number of alkyl halides is 3. The smallest absolute Gasteiger partial charge is 0.389 e. The minimum atomic E-state index is -4.82. The van der Waals surface area contributed by atoms with Crippen molar-refractivity contribution in [2.75, 3.05) is 13.1 Å². The highest BCUT2D eigenvalue weighted by molar-refractivity contribution is 7.15. The van der Waals surface area contributed by atoms with Crippen molar-refractivity contribution in [1.82, 2.24) is 15.2 Å². The van der Waals surface area contributed by atoms with Gasteiger partial charge < -0.3 is 20.7 Å². The van der Waals surface area contributed by atoms with Gasteiger partial charge in [0.1, 0.15) is 5.69 Å². The Morgan fingerprint density at radius 2 is 2.03 bits per heavy atom. The van der Waals surface area contributed by atoms with Gasteiger partial charge in [-0.15, -0.1) is 11.3 Å². The van der Waals surface area contributed by atoms with E-state index >= 15 is 0 Å². The first kappa shape index (κ1) is 25.7. The number of allylic oxidation sites excluding steroid dienone is 3. The number of hydrogen-bond donors (Lipinski definition) is 3. The van der Waals surface area contributed by atoms with E-state index in [1.165, 1.54) is 13.8 Å². The summed E-state index contributed by atoms with van der Waals surface area (Å²) in [5, 5.41) is 19.1. The third-order valence-corrected chi connectivity index (χ3v) is 6.04. The molecule has 1 saturated heterocycles. The summed E-state index contributed by atoms with van der Waals surface area (Å²) < 4.78 is 40.7. The number of thiazole rings is 1. The minimum absolute atomic E-state index is 0.115. The SMILES string of the molecule is C=C(/C(=C\C=N)C(F)(F)F)c1sc(C(=O)NCC(C)(C)O)nc1C(=O)N1CCCC[C@@H]1C. The second kappa shape index (κ2) is 9.95. The Bertz CT molecular complexity index is 932. The number of hydrogen-bond acceptors (Lipinski definition) is 6. The third kappa shape index (κ3) is 6.26. The molecule has 2 rings (SSSR count). The van der Waals surface area contributed by atoms with Crippen LogP contribution in [0.1, 0.15) is 65.2 Å². The maximum Gasteiger partial charge on any atom is 0.417 e. The fourth-order valence-electron chi connectivity index (χ4n) is 3.25. The number of nitrogens with zero attached hydrogens (tertiary/aromatic N) is 2. The molecule has 1 atom stereocenters. The van der Waals surface area contributed by atoms with Gasteiger partial charge in [0.25, 0.3) is 11.8 Å². The first-order valence-corrected chi connectivity index (χ1v) is 10.9. The van der Waals surface area contributed by atoms with Crippen molar-refractivity contribution in [1.29, 1.82) is 5.41 Å². The zero-order valence-electron chi connectivity index (χ0n) is 18.2. The summed E-state index contributed by atoms with van der Waals surface area (Å²) >= 11 is 0.622. The number of likely N-dealkylation sites (tertiary alicyclic amines) is 1. The van der Waals surface area contributed by atoms with Crippen LogP contribution in [0.25, 0.3) is 5.57 Å². The summed E-state index contributed by atoms with van der Waals surface area (Å²) in [4.78, 5) is 31.2. The van der Waals surface area contributed by atoms with E-state index in [0.29, 0.717) is 30.2 Å². The summed E-state index contributed by atoms with van der Waals surface area (Å²) in [5.74, 6) is -1.29. The predicted octanol–water partition coefficient (Wildman–Crippen LogP) is 3.81. The van der Waals surface area contributed by atoms with E-state index in [0.717, 1.165) is 19.3 Å². The van der Waals surface area contributed by atoms with Gasteiger partial charge >= 0.3 is 6.18 Å². The van der Waals surface area contributed by atoms with Gasteiger partial charge in [0.15, 0.2) is 5.01 Å². The molecule has 11 heteroatoms. The highest BCUT2D eigenvalue weighted by atomic mass is 32.1. The molecule has 0 bridgehead atoms. The summed E-state index contributed by atoms with van der Waals surface area (Å²) in [5.41, 5.74) is -3.21. The van der Waals surface area contributed by atoms with Crippen molar-refractivity contribution in [3.05, 3.63) is 33.8 Å². The molecule has 3 N–H and O–H groups in total. The zero-order valence-corrected chi connectivity index (χ0v) is 19.0. The lowest BCUT2D eigenvalue weighted by Gasteiger charge is -2.33. The molecule has 1 fully saturated rings. The van der Waals surface area contributed by atoms with Crippen LogP contribution in [0.2, 0.25) is 0 Å². The predicted molar refractivity (Wildman–Crippen MR) is 117 cm³/mol. The standard InChI is InChI=1S/C21H27F3N4O3S/c1-12-7-5-6-10-28(12)19(30)15-16(13(2)14(8-9-25)21(22,23)24)32-18(27-15)17(29)26-11-20(3,4)31/h8-9,12,25,31H,2,5-7,10-11H2,1,3-4H3,(H,26,29)/b14-8+,25-9?/t12-/m0/s1. The van der Waals surface area contributed by atoms with Crippen LogP contribution in [0.3, 0.4) is 0 Å². The summed E-state index contributed by atoms with van der Waals surface area (Å²) in [7, 11) is 0. The number of carbonyl (C=O) groups excluding carboxylic acids is 2. The van der Waals surface area contributed by atoms with Crippen molar-refractivity contribution in [2.24, 2.45) is 0 Å². The molecule has 2 heterocycles. The van der Waals surface area contributed by atoms with E-state index in [-0.39, 0.29) is 28.2 Å². The molecule has 1 aliphatic heterocycles. The summed E-state index contributed by atoms with van der Waals surface area (Å²) in [6.07, 6.45) is -1.33. The van der Waals surface area contributed by atoms with Crippen LogP contribution >= 0.6 is 11.3 Å². The zero-order chi connectivity index (χ0) is 24.3. The molecule has 0 aliphatic carbocycles. The fourth-order valence-corrected chi connectivity index (χ4v) is 4.20. The fraction of sp³-hybridized carbons (Fsp3) is 0.524. The van der Waals surface area contributed by atoms with Crippen molar-refractivity contribution < 1.29 is 27.9 Å². The molecule has 1 aromatic heterocycles. The second-order valence-corrected chi connectivity index (χ2v) is 9.26. The molecule has 176 valence electrons. The number of carbonyl (C=O) groups is 2. The Hall–Kier alpha value is -2.53. The molecular formula is C21H27F3N4O3S. The normalized spacial score (nSPS) is 17.8. The van der Waals surface area contributed by atoms with Crippen LogP contribution in [0.15, 0.2) is 18.2 Å². The number of piperidine rings is 1. The molecule has 0 unspecified atom stereocenters. The molecule has 1 aromatic rings. The lowest BCUT2D eigenvalue weighted by Crippen LogP contribution is -2.42. The van der Waals surface area contributed by atoms with E-state index < -0.39 is 34.7 Å². The van der Waals surface area contributed by atoms with E-state index in [9.17, 15) is 27.9 Å². The lowest BCUT2D eigenvalue weighted by molar-refractivity contribution is -0.0869. The Morgan fingerprint density at radius 3 is 2.56 bits per heavy atom. The van der Waals surface area contributed by atoms with Gasteiger partial charge in [-0.2, -0.15) is 13.2 Å². The quantitative estimate of drug-likeness (QED) is 0.414. The number of aliphatic hydroxyl groups is 1. The Labute approximate surface area is 188 Å². The maximum absolute atomic E-state index is 13.6. The Morgan fingerprint density at radius 1 is 1.38 bits per heavy atom. The van der Waals surface area contributed by atoms with Crippen molar-refractivity contribution in [3.8, 4) is 0 Å². The van der Waals surface area contributed by atoms with Crippen LogP contribution in [0.5, 0.6) is 0 Å². The topological polar surface area (TPSA) is 106 Å². The van der Waals surface area contributed by atoms with Gasteiger partial charge in [-0.05, 0) is 51.7 Å². The molecule has 32 heavy (non-hydrogen) atoms. The molecule has 1 aliphatic rings. The van der Waals surface area contributed by atoms with Crippen molar-refractivity contribution >= 4 is 34.9 Å². The van der Waals surface area contributed by atoms with Gasteiger partial charge in [-0.3, -0.25) is 9.59 Å². The van der Waals surface area contributed by atoms with E-state index in [1.54, 1.807) is 4.90 Å². The van der Waals surface area contributed by atoms with Crippen LogP contribution < -0.4 is 5.32 Å². The molecule has 2 amide bonds. The number of halogens is 3. The number of nitrogens with one attached hydrogen (secondary N) is 2. The number of rotatable bonds is 7. The molecule has 0 aromatic carbocycles. The van der Waals surface area contributed by atoms with E-state index in [2.05, 4.69) is 16.9 Å². The van der Waals surface area contributed by atoms with Gasteiger partial charge in [0, 0.05) is 25.3 Å². The Balaban J connectivity index is 2.52. The summed E-state index contributed by atoms with van der Waals surface area (Å²) in [6.45, 7) is 8.64. The number of amides is 2. The van der Waals surface area contributed by atoms with Gasteiger partial charge in [0.05, 0.1) is 16.1 Å². The van der Waals surface area contributed by atoms with Gasteiger partial charge in [0.2, 0.25) is 0 Å². The highest BCUT2D eigenvalue weighted by Gasteiger charge is 2.39. The van der Waals surface area contributed by atoms with Gasteiger partial charge in [-0.1, -0.05) is 6.58 Å². The van der Waals surface area contributed by atoms with E-state index in [4.69, 9.17) is 5.41 Å². The molecule has 0 spiro atoms.